The molecule has 0 radical (unpaired) electrons. The van der Waals surface area contributed by atoms with Crippen molar-refractivity contribution < 1.29 is 4.79 Å². The highest BCUT2D eigenvalue weighted by Gasteiger charge is 2.19. The van der Waals surface area contributed by atoms with E-state index >= 15 is 0 Å². The first-order valence-electron chi connectivity index (χ1n) is 14.2. The summed E-state index contributed by atoms with van der Waals surface area (Å²) in [5, 5.41) is 3.04. The van der Waals surface area contributed by atoms with Crippen molar-refractivity contribution in [2.45, 2.75) is 150 Å². The first-order chi connectivity index (χ1) is 16.0. The summed E-state index contributed by atoms with van der Waals surface area (Å²) in [6.07, 6.45) is 26.3. The molecule has 0 saturated carbocycles. The maximum absolute atomic E-state index is 11.8. The minimum atomic E-state index is -0.261. The molecule has 0 aromatic carbocycles. The molecule has 0 rings (SSSR count). The van der Waals surface area contributed by atoms with Crippen molar-refractivity contribution >= 4 is 37.3 Å². The number of carbonyl (C=O) groups is 1. The number of hydrogen-bond acceptors (Lipinski definition) is 4. The number of unbranched alkanes of at least 4 members (excludes halogenated alkanes) is 17. The largest absolute Gasteiger partial charge is 0.356 e. The maximum Gasteiger partial charge on any atom is 0.225 e. The highest BCUT2D eigenvalue weighted by molar-refractivity contribution is 9.09. The molecule has 0 unspecified atom stereocenters. The molecule has 1 amide bonds. The number of nitrogens with one attached hydrogen (secondary N) is 1. The van der Waals surface area contributed by atoms with E-state index < -0.39 is 0 Å². The molecule has 0 aliphatic heterocycles. The molecule has 0 heterocycles. The van der Waals surface area contributed by atoms with Crippen molar-refractivity contribution in [1.29, 1.82) is 0 Å². The summed E-state index contributed by atoms with van der Waals surface area (Å²) in [5.74, 6) is 2.82. The molecular formula is C28H57NOS3. The van der Waals surface area contributed by atoms with Gasteiger partial charge in [-0.25, -0.2) is 0 Å². The van der Waals surface area contributed by atoms with Gasteiger partial charge >= 0.3 is 0 Å². The topological polar surface area (TPSA) is 29.1 Å². The lowest BCUT2D eigenvalue weighted by Gasteiger charge is -2.17. The third-order valence-electron chi connectivity index (χ3n) is 6.05. The van der Waals surface area contributed by atoms with Crippen LogP contribution in [0.2, 0.25) is 0 Å². The molecule has 33 heavy (non-hydrogen) atoms. The van der Waals surface area contributed by atoms with E-state index in [0.29, 0.717) is 0 Å². The first-order valence-corrected chi connectivity index (χ1v) is 18.0. The molecule has 0 fully saturated rings. The van der Waals surface area contributed by atoms with Crippen LogP contribution in [0.15, 0.2) is 0 Å². The van der Waals surface area contributed by atoms with Crippen LogP contribution >= 0.6 is 31.4 Å². The highest BCUT2D eigenvalue weighted by Crippen LogP contribution is 2.35. The Morgan fingerprint density at radius 1 is 0.576 bits per heavy atom. The van der Waals surface area contributed by atoms with Gasteiger partial charge in [-0.1, -0.05) is 152 Å². The normalized spacial score (nSPS) is 11.8. The predicted octanol–water partition coefficient (Wildman–Crippen LogP) is 10.6. The summed E-state index contributed by atoms with van der Waals surface area (Å²) in [4.78, 5) is 11.8. The molecule has 0 aromatic rings. The smallest absolute Gasteiger partial charge is 0.225 e. The van der Waals surface area contributed by atoms with Gasteiger partial charge in [-0.05, 0) is 29.1 Å². The van der Waals surface area contributed by atoms with E-state index in [-0.39, 0.29) is 11.3 Å². The van der Waals surface area contributed by atoms with Crippen LogP contribution in [0.5, 0.6) is 0 Å². The van der Waals surface area contributed by atoms with Gasteiger partial charge in [0.1, 0.15) is 0 Å². The predicted molar refractivity (Wildman–Crippen MR) is 158 cm³/mol. The van der Waals surface area contributed by atoms with E-state index in [1.54, 1.807) is 0 Å². The van der Waals surface area contributed by atoms with Crippen LogP contribution in [-0.2, 0) is 4.79 Å². The number of rotatable bonds is 25. The third-order valence-corrected chi connectivity index (χ3v) is 10.5. The zero-order valence-corrected chi connectivity index (χ0v) is 25.1. The van der Waals surface area contributed by atoms with E-state index in [4.69, 9.17) is 0 Å². The number of hydrogen-bond donors (Lipinski definition) is 1. The lowest BCUT2D eigenvalue weighted by molar-refractivity contribution is -0.128. The Balaban J connectivity index is 3.09. The third kappa shape index (κ3) is 27.0. The van der Waals surface area contributed by atoms with Crippen LogP contribution < -0.4 is 5.32 Å². The van der Waals surface area contributed by atoms with Gasteiger partial charge in [0, 0.05) is 23.5 Å². The average molecular weight is 520 g/mol. The second kappa shape index (κ2) is 25.6. The average Bonchev–Trinajstić information content (AvgIpc) is 2.78. The van der Waals surface area contributed by atoms with Crippen molar-refractivity contribution in [3.8, 4) is 0 Å². The van der Waals surface area contributed by atoms with Gasteiger partial charge in [-0.2, -0.15) is 0 Å². The van der Waals surface area contributed by atoms with Gasteiger partial charge in [0.05, 0.1) is 0 Å². The Bertz CT molecular complexity index is 412. The van der Waals surface area contributed by atoms with Gasteiger partial charge in [0.25, 0.3) is 0 Å². The summed E-state index contributed by atoms with van der Waals surface area (Å²) in [6, 6.07) is 0. The fourth-order valence-electron chi connectivity index (χ4n) is 3.74. The van der Waals surface area contributed by atoms with Crippen LogP contribution in [0.1, 0.15) is 150 Å². The Kier molecular flexibility index (Phi) is 26.0. The monoisotopic (exact) mass is 519 g/mol. The van der Waals surface area contributed by atoms with Crippen LogP contribution in [-0.4, -0.2) is 24.0 Å². The molecule has 0 atom stereocenters. The van der Waals surface area contributed by atoms with E-state index in [1.165, 1.54) is 127 Å². The first kappa shape index (κ1) is 33.5. The molecule has 2 nitrogen and oxygen atoms in total. The number of amides is 1. The van der Waals surface area contributed by atoms with Gasteiger partial charge in [0.2, 0.25) is 5.91 Å². The fraction of sp³-hybridized carbons (Fsp3) is 0.964. The van der Waals surface area contributed by atoms with Gasteiger partial charge < -0.3 is 5.32 Å². The standard InChI is InChI=1S/C28H57NOS3/c1-5-6-7-8-9-10-13-16-19-22-25-31-33-32-26-23-20-17-14-11-12-15-18-21-24-29-27(30)28(2,3)4/h5-26H2,1-4H3,(H,29,30). The summed E-state index contributed by atoms with van der Waals surface area (Å²) in [7, 11) is 6.16. The molecule has 0 bridgehead atoms. The van der Waals surface area contributed by atoms with Crippen molar-refractivity contribution in [2.24, 2.45) is 5.41 Å². The Labute approximate surface area is 219 Å². The fourth-order valence-corrected chi connectivity index (χ4v) is 7.75. The van der Waals surface area contributed by atoms with Crippen LogP contribution in [0.4, 0.5) is 0 Å². The van der Waals surface area contributed by atoms with Crippen molar-refractivity contribution in [3.05, 3.63) is 0 Å². The van der Waals surface area contributed by atoms with Crippen molar-refractivity contribution in [3.63, 3.8) is 0 Å². The minimum absolute atomic E-state index is 0.173. The zero-order chi connectivity index (χ0) is 24.5. The second-order valence-corrected chi connectivity index (χ2v) is 15.1. The molecule has 0 saturated heterocycles. The van der Waals surface area contributed by atoms with Gasteiger partial charge in [-0.3, -0.25) is 4.79 Å². The summed E-state index contributed by atoms with van der Waals surface area (Å²) < 4.78 is 0. The molecule has 1 N–H and O–H groups in total. The van der Waals surface area contributed by atoms with Crippen molar-refractivity contribution in [2.75, 3.05) is 18.1 Å². The van der Waals surface area contributed by atoms with E-state index in [9.17, 15) is 4.79 Å². The lowest BCUT2D eigenvalue weighted by Crippen LogP contribution is -2.35. The van der Waals surface area contributed by atoms with Gasteiger partial charge in [-0.15, -0.1) is 0 Å². The van der Waals surface area contributed by atoms with Crippen molar-refractivity contribution in [1.82, 2.24) is 5.32 Å². The molecule has 0 aliphatic carbocycles. The quantitative estimate of drug-likeness (QED) is 0.0959. The molecule has 0 aliphatic rings. The summed E-state index contributed by atoms with van der Waals surface area (Å²) in [6.45, 7) is 9.04. The molecule has 5 heteroatoms. The Morgan fingerprint density at radius 3 is 1.33 bits per heavy atom. The molecule has 0 spiro atoms. The Hall–Kier alpha value is 0.520. The molecule has 0 aromatic heterocycles. The van der Waals surface area contributed by atoms with Crippen LogP contribution in [0.25, 0.3) is 0 Å². The molecule has 198 valence electrons. The maximum atomic E-state index is 11.8. The van der Waals surface area contributed by atoms with Crippen LogP contribution in [0.3, 0.4) is 0 Å². The van der Waals surface area contributed by atoms with E-state index in [0.717, 1.165) is 13.0 Å². The van der Waals surface area contributed by atoms with E-state index in [2.05, 4.69) is 33.8 Å². The summed E-state index contributed by atoms with van der Waals surface area (Å²) >= 11 is 0. The second-order valence-electron chi connectivity index (χ2n) is 10.6. The van der Waals surface area contributed by atoms with Gasteiger partial charge in [0.15, 0.2) is 0 Å². The Morgan fingerprint density at radius 2 is 0.939 bits per heavy atom. The summed E-state index contributed by atoms with van der Waals surface area (Å²) in [5.41, 5.74) is -0.261. The number of carbonyl (C=O) groups excluding carboxylic acids is 1. The zero-order valence-electron chi connectivity index (χ0n) is 22.7. The molecular weight excluding hydrogens is 463 g/mol. The lowest BCUT2D eigenvalue weighted by atomic mass is 9.96. The minimum Gasteiger partial charge on any atom is -0.356 e. The SMILES string of the molecule is CCCCCCCCCCCCSSSCCCCCCCCCCCNC(=O)C(C)(C)C. The van der Waals surface area contributed by atoms with Crippen LogP contribution in [0, 0.1) is 5.41 Å². The highest BCUT2D eigenvalue weighted by atomic mass is 33.5. The van der Waals surface area contributed by atoms with E-state index in [1.807, 2.05) is 30.6 Å².